The average molecular weight is 214 g/mol. The summed E-state index contributed by atoms with van der Waals surface area (Å²) >= 11 is 1.73. The van der Waals surface area contributed by atoms with Gasteiger partial charge in [-0.1, -0.05) is 18.7 Å². The third kappa shape index (κ3) is 4.62. The fourth-order valence-corrected chi connectivity index (χ4v) is 2.02. The van der Waals surface area contributed by atoms with Crippen molar-refractivity contribution >= 4 is 11.8 Å². The van der Waals surface area contributed by atoms with Gasteiger partial charge in [0.1, 0.15) is 6.33 Å². The van der Waals surface area contributed by atoms with Gasteiger partial charge in [0.05, 0.1) is 0 Å². The largest absolute Gasteiger partial charge is 0.315 e. The first-order valence-electron chi connectivity index (χ1n) is 5.04. The van der Waals surface area contributed by atoms with E-state index in [1.165, 1.54) is 12.8 Å². The monoisotopic (exact) mass is 214 g/mol. The maximum absolute atomic E-state index is 4.05. The smallest absolute Gasteiger partial charge is 0.183 e. The Morgan fingerprint density at radius 1 is 1.64 bits per heavy atom. The maximum Gasteiger partial charge on any atom is 0.183 e. The molecular weight excluding hydrogens is 196 g/mol. The zero-order valence-electron chi connectivity index (χ0n) is 8.79. The summed E-state index contributed by atoms with van der Waals surface area (Å²) in [5.41, 5.74) is 0. The zero-order chi connectivity index (χ0) is 10.2. The van der Waals surface area contributed by atoms with Gasteiger partial charge < -0.3 is 5.32 Å². The van der Waals surface area contributed by atoms with E-state index in [4.69, 9.17) is 0 Å². The highest BCUT2D eigenvalue weighted by molar-refractivity contribution is 7.99. The van der Waals surface area contributed by atoms with Crippen LogP contribution in [0.4, 0.5) is 0 Å². The van der Waals surface area contributed by atoms with Crippen LogP contribution in [0.3, 0.4) is 0 Å². The summed E-state index contributed by atoms with van der Waals surface area (Å²) < 4.78 is 0. The lowest BCUT2D eigenvalue weighted by molar-refractivity contribution is 0.526. The summed E-state index contributed by atoms with van der Waals surface area (Å²) in [7, 11) is 0. The molecule has 1 rings (SSSR count). The van der Waals surface area contributed by atoms with Crippen molar-refractivity contribution in [1.82, 2.24) is 20.5 Å². The van der Waals surface area contributed by atoms with Gasteiger partial charge >= 0.3 is 0 Å². The first-order valence-corrected chi connectivity index (χ1v) is 6.03. The Labute approximate surface area is 89.3 Å². The lowest BCUT2D eigenvalue weighted by Gasteiger charge is -2.10. The molecule has 0 aliphatic carbocycles. The molecule has 0 amide bonds. The summed E-state index contributed by atoms with van der Waals surface area (Å²) in [5, 5.41) is 10.9. The molecule has 2 N–H and O–H groups in total. The molecule has 0 aliphatic rings. The van der Waals surface area contributed by atoms with Crippen molar-refractivity contribution in [1.29, 1.82) is 0 Å². The van der Waals surface area contributed by atoms with E-state index >= 15 is 0 Å². The maximum atomic E-state index is 4.05. The highest BCUT2D eigenvalue weighted by Gasteiger charge is 2.00. The second-order valence-corrected chi connectivity index (χ2v) is 4.32. The van der Waals surface area contributed by atoms with E-state index in [1.807, 2.05) is 0 Å². The molecule has 1 atom stereocenters. The number of H-pyrrole nitrogens is 1. The van der Waals surface area contributed by atoms with Crippen LogP contribution in [0.5, 0.6) is 0 Å². The molecule has 1 unspecified atom stereocenters. The second-order valence-electron chi connectivity index (χ2n) is 3.24. The molecule has 0 bridgehead atoms. The van der Waals surface area contributed by atoms with Crippen molar-refractivity contribution in [2.45, 2.75) is 37.9 Å². The molecule has 0 saturated heterocycles. The molecule has 1 aromatic rings. The van der Waals surface area contributed by atoms with Gasteiger partial charge in [0, 0.05) is 11.8 Å². The summed E-state index contributed by atoms with van der Waals surface area (Å²) in [6.45, 7) is 5.42. The number of nitrogens with one attached hydrogen (secondary N) is 2. The minimum Gasteiger partial charge on any atom is -0.315 e. The van der Waals surface area contributed by atoms with Crippen LogP contribution in [0.15, 0.2) is 11.5 Å². The van der Waals surface area contributed by atoms with E-state index in [0.717, 1.165) is 17.5 Å². The number of hydrogen-bond donors (Lipinski definition) is 2. The number of aromatic amines is 1. The number of aromatic nitrogens is 3. The van der Waals surface area contributed by atoms with Crippen LogP contribution in [0.1, 0.15) is 26.7 Å². The molecule has 1 aromatic heterocycles. The molecule has 14 heavy (non-hydrogen) atoms. The van der Waals surface area contributed by atoms with Crippen molar-refractivity contribution in [3.05, 3.63) is 6.33 Å². The fraction of sp³-hybridized carbons (Fsp3) is 0.778. The normalized spacial score (nSPS) is 13.0. The first kappa shape index (κ1) is 11.5. The van der Waals surface area contributed by atoms with E-state index in [0.29, 0.717) is 6.04 Å². The zero-order valence-corrected chi connectivity index (χ0v) is 9.60. The molecule has 0 aromatic carbocycles. The second kappa shape index (κ2) is 6.84. The number of rotatable bonds is 7. The molecule has 0 fully saturated rings. The molecule has 4 nitrogen and oxygen atoms in total. The van der Waals surface area contributed by atoms with Crippen molar-refractivity contribution in [3.63, 3.8) is 0 Å². The Bertz CT molecular complexity index is 225. The highest BCUT2D eigenvalue weighted by atomic mass is 32.2. The van der Waals surface area contributed by atoms with Crippen molar-refractivity contribution < 1.29 is 0 Å². The molecule has 0 radical (unpaired) electrons. The molecule has 80 valence electrons. The van der Waals surface area contributed by atoms with Gasteiger partial charge in [0.15, 0.2) is 5.16 Å². The third-order valence-electron chi connectivity index (χ3n) is 1.97. The SMILES string of the molecule is CCNC(C)CCCSc1ncn[nH]1. The highest BCUT2D eigenvalue weighted by Crippen LogP contribution is 2.13. The fourth-order valence-electron chi connectivity index (χ4n) is 1.27. The van der Waals surface area contributed by atoms with Gasteiger partial charge in [-0.3, -0.25) is 5.10 Å². The number of nitrogens with zero attached hydrogens (tertiary/aromatic N) is 2. The van der Waals surface area contributed by atoms with Crippen LogP contribution in [-0.4, -0.2) is 33.5 Å². The number of thioether (sulfide) groups is 1. The Morgan fingerprint density at radius 3 is 3.14 bits per heavy atom. The van der Waals surface area contributed by atoms with Crippen molar-refractivity contribution in [2.24, 2.45) is 0 Å². The quantitative estimate of drug-likeness (QED) is 0.535. The first-order chi connectivity index (χ1) is 6.83. The Balaban J connectivity index is 1.99. The Morgan fingerprint density at radius 2 is 2.50 bits per heavy atom. The third-order valence-corrected chi connectivity index (χ3v) is 2.93. The van der Waals surface area contributed by atoms with E-state index in [-0.39, 0.29) is 0 Å². The predicted molar refractivity (Wildman–Crippen MR) is 59.5 cm³/mol. The van der Waals surface area contributed by atoms with Crippen LogP contribution < -0.4 is 5.32 Å². The summed E-state index contributed by atoms with van der Waals surface area (Å²) in [6, 6.07) is 0.621. The van der Waals surface area contributed by atoms with Gasteiger partial charge in [0.25, 0.3) is 0 Å². The molecule has 0 saturated carbocycles. The average Bonchev–Trinajstić information content (AvgIpc) is 2.65. The van der Waals surface area contributed by atoms with E-state index in [1.54, 1.807) is 18.1 Å². The lowest BCUT2D eigenvalue weighted by atomic mass is 10.2. The van der Waals surface area contributed by atoms with E-state index in [9.17, 15) is 0 Å². The minimum atomic E-state index is 0.621. The molecular formula is C9H18N4S. The molecule has 0 spiro atoms. The Hall–Kier alpha value is -0.550. The standard InChI is InChI=1S/C9H18N4S/c1-3-10-8(2)5-4-6-14-9-11-7-12-13-9/h7-8,10H,3-6H2,1-2H3,(H,11,12,13). The van der Waals surface area contributed by atoms with Gasteiger partial charge in [-0.25, -0.2) is 4.98 Å². The lowest BCUT2D eigenvalue weighted by Crippen LogP contribution is -2.25. The number of hydrogen-bond acceptors (Lipinski definition) is 4. The van der Waals surface area contributed by atoms with Gasteiger partial charge in [-0.15, -0.1) is 0 Å². The van der Waals surface area contributed by atoms with Gasteiger partial charge in [-0.2, -0.15) is 5.10 Å². The van der Waals surface area contributed by atoms with Crippen LogP contribution in [0.2, 0.25) is 0 Å². The van der Waals surface area contributed by atoms with Crippen molar-refractivity contribution in [3.8, 4) is 0 Å². The topological polar surface area (TPSA) is 53.6 Å². The van der Waals surface area contributed by atoms with Crippen LogP contribution in [0.25, 0.3) is 0 Å². The van der Waals surface area contributed by atoms with Gasteiger partial charge in [-0.05, 0) is 26.3 Å². The Kier molecular flexibility index (Phi) is 5.63. The summed E-state index contributed by atoms with van der Waals surface area (Å²) in [5.74, 6) is 1.10. The summed E-state index contributed by atoms with van der Waals surface area (Å²) in [4.78, 5) is 4.05. The molecule has 0 aliphatic heterocycles. The van der Waals surface area contributed by atoms with Crippen LogP contribution in [-0.2, 0) is 0 Å². The van der Waals surface area contributed by atoms with Crippen LogP contribution in [0, 0.1) is 0 Å². The van der Waals surface area contributed by atoms with Crippen LogP contribution >= 0.6 is 11.8 Å². The molecule has 1 heterocycles. The van der Waals surface area contributed by atoms with Crippen molar-refractivity contribution in [2.75, 3.05) is 12.3 Å². The minimum absolute atomic E-state index is 0.621. The van der Waals surface area contributed by atoms with E-state index in [2.05, 4.69) is 34.3 Å². The molecule has 5 heteroatoms. The predicted octanol–water partition coefficient (Wildman–Crippen LogP) is 1.67. The van der Waals surface area contributed by atoms with E-state index < -0.39 is 0 Å². The summed E-state index contributed by atoms with van der Waals surface area (Å²) in [6.07, 6.45) is 3.97. The van der Waals surface area contributed by atoms with Gasteiger partial charge in [0.2, 0.25) is 0 Å².